The molecule has 6 nitrogen and oxygen atoms in total. The molecule has 0 heterocycles. The van der Waals surface area contributed by atoms with E-state index >= 15 is 0 Å². The van der Waals surface area contributed by atoms with Crippen LogP contribution in [0.3, 0.4) is 0 Å². The van der Waals surface area contributed by atoms with E-state index < -0.39 is 12.1 Å². The lowest BCUT2D eigenvalue weighted by molar-refractivity contribution is -0.137. The Bertz CT molecular complexity index is 598. The fourth-order valence-corrected chi connectivity index (χ4v) is 2.46. The van der Waals surface area contributed by atoms with Gasteiger partial charge in [-0.3, -0.25) is 0 Å². The normalized spacial score (nSPS) is 12.1. The van der Waals surface area contributed by atoms with Crippen molar-refractivity contribution in [3.05, 3.63) is 42.5 Å². The number of carbonyl (C=O) groups is 2. The third-order valence-electron chi connectivity index (χ3n) is 4.61. The minimum Gasteiger partial charge on any atom is -0.490 e. The number of carbonyl (C=O) groups excluding carboxylic acids is 2. The summed E-state index contributed by atoms with van der Waals surface area (Å²) in [6, 6.07) is 8.04. The third-order valence-corrected chi connectivity index (χ3v) is 4.61. The molecular weight excluding hydrogens is 370 g/mol. The summed E-state index contributed by atoms with van der Waals surface area (Å²) in [5.41, 5.74) is 1.29. The van der Waals surface area contributed by atoms with Crippen molar-refractivity contribution in [2.75, 3.05) is 26.4 Å². The van der Waals surface area contributed by atoms with Crippen molar-refractivity contribution < 1.29 is 23.8 Å². The summed E-state index contributed by atoms with van der Waals surface area (Å²) in [6.45, 7) is 16.9. The van der Waals surface area contributed by atoms with Gasteiger partial charge in [-0.2, -0.15) is 0 Å². The maximum Gasteiger partial charge on any atom is 0.407 e. The Morgan fingerprint density at radius 1 is 1.00 bits per heavy atom. The summed E-state index contributed by atoms with van der Waals surface area (Å²) < 4.78 is 15.3. The first kappa shape index (κ1) is 26.5. The highest BCUT2D eigenvalue weighted by Crippen LogP contribution is 2.30. The van der Waals surface area contributed by atoms with E-state index in [0.717, 1.165) is 11.8 Å². The monoisotopic (exact) mass is 407 g/mol. The van der Waals surface area contributed by atoms with Crippen LogP contribution >= 0.6 is 0 Å². The molecule has 0 saturated carbocycles. The van der Waals surface area contributed by atoms with Crippen LogP contribution in [0.5, 0.6) is 5.75 Å². The van der Waals surface area contributed by atoms with E-state index in [-0.39, 0.29) is 26.4 Å². The Morgan fingerprint density at radius 3 is 2.17 bits per heavy atom. The molecule has 1 rings (SSSR count). The van der Waals surface area contributed by atoms with Gasteiger partial charge in [0.25, 0.3) is 0 Å². The molecule has 0 aliphatic heterocycles. The summed E-state index contributed by atoms with van der Waals surface area (Å²) in [5.74, 6) is 1.93. The van der Waals surface area contributed by atoms with Gasteiger partial charge >= 0.3 is 12.1 Å². The number of benzene rings is 1. The molecule has 0 aromatic heterocycles. The molecule has 0 aliphatic rings. The molecule has 1 amide bonds. The second-order valence-corrected chi connectivity index (χ2v) is 6.74. The zero-order chi connectivity index (χ0) is 22.2. The van der Waals surface area contributed by atoms with E-state index in [1.807, 2.05) is 26.0 Å². The molecule has 0 saturated heterocycles. The number of alkyl carbamates (subject to hydrolysis) is 1. The van der Waals surface area contributed by atoms with Crippen LogP contribution in [-0.2, 0) is 14.3 Å². The maximum atomic E-state index is 11.5. The summed E-state index contributed by atoms with van der Waals surface area (Å²) in [6.07, 6.45) is 0.480. The first-order valence-electron chi connectivity index (χ1n) is 10.3. The number of nitrogens with one attached hydrogen (secondary N) is 1. The van der Waals surface area contributed by atoms with Gasteiger partial charge in [0.1, 0.15) is 25.6 Å². The molecule has 0 radical (unpaired) electrons. The number of rotatable bonds is 11. The van der Waals surface area contributed by atoms with Crippen molar-refractivity contribution >= 4 is 12.1 Å². The molecule has 0 bridgehead atoms. The molecular formula is C23H37NO5. The van der Waals surface area contributed by atoms with Crippen LogP contribution in [0.1, 0.15) is 53.0 Å². The quantitative estimate of drug-likeness (QED) is 0.319. The third kappa shape index (κ3) is 11.2. The Balaban J connectivity index is 0.00000379. The lowest BCUT2D eigenvalue weighted by Crippen LogP contribution is -2.29. The summed E-state index contributed by atoms with van der Waals surface area (Å²) >= 11 is 0. The second kappa shape index (κ2) is 15.4. The Hall–Kier alpha value is -2.50. The van der Waals surface area contributed by atoms with Crippen LogP contribution in [0.15, 0.2) is 36.9 Å². The zero-order valence-corrected chi connectivity index (χ0v) is 18.7. The van der Waals surface area contributed by atoms with Crippen LogP contribution in [0.25, 0.3) is 0 Å². The van der Waals surface area contributed by atoms with E-state index in [2.05, 4.69) is 51.7 Å². The minimum absolute atomic E-state index is 0.0661. The number of hydrogen-bond acceptors (Lipinski definition) is 5. The molecule has 6 heteroatoms. The number of amides is 1. The van der Waals surface area contributed by atoms with Crippen LogP contribution in [0.2, 0.25) is 0 Å². The summed E-state index contributed by atoms with van der Waals surface area (Å²) in [7, 11) is 0. The predicted molar refractivity (Wildman–Crippen MR) is 116 cm³/mol. The Labute approximate surface area is 175 Å². The van der Waals surface area contributed by atoms with Gasteiger partial charge in [-0.25, -0.2) is 9.59 Å². The molecule has 2 atom stereocenters. The van der Waals surface area contributed by atoms with E-state index in [1.54, 1.807) is 0 Å². The van der Waals surface area contributed by atoms with Gasteiger partial charge < -0.3 is 19.5 Å². The molecule has 1 aromatic carbocycles. The zero-order valence-electron chi connectivity index (χ0n) is 18.7. The van der Waals surface area contributed by atoms with Crippen molar-refractivity contribution in [2.24, 2.45) is 11.8 Å². The number of hydrogen-bond donors (Lipinski definition) is 1. The highest BCUT2D eigenvalue weighted by Gasteiger charge is 2.17. The summed E-state index contributed by atoms with van der Waals surface area (Å²) in [4.78, 5) is 22.3. The van der Waals surface area contributed by atoms with Crippen molar-refractivity contribution in [3.8, 4) is 5.75 Å². The SMILES string of the molecule is C=CC(=O)OCCNC(=O)OCCOc1ccc(C(C)C(C)C(C)C)cc1.CC. The predicted octanol–water partition coefficient (Wildman–Crippen LogP) is 4.94. The highest BCUT2D eigenvalue weighted by molar-refractivity contribution is 5.81. The molecule has 2 unspecified atom stereocenters. The lowest BCUT2D eigenvalue weighted by atomic mass is 9.82. The minimum atomic E-state index is -0.583. The first-order chi connectivity index (χ1) is 13.8. The van der Waals surface area contributed by atoms with Crippen molar-refractivity contribution in [1.29, 1.82) is 0 Å². The van der Waals surface area contributed by atoms with E-state index in [1.165, 1.54) is 5.56 Å². The van der Waals surface area contributed by atoms with Crippen LogP contribution in [0, 0.1) is 11.8 Å². The van der Waals surface area contributed by atoms with Gasteiger partial charge in [-0.05, 0) is 35.4 Å². The van der Waals surface area contributed by atoms with Crippen molar-refractivity contribution in [2.45, 2.75) is 47.5 Å². The van der Waals surface area contributed by atoms with E-state index in [0.29, 0.717) is 17.8 Å². The van der Waals surface area contributed by atoms with Gasteiger partial charge in [0.15, 0.2) is 0 Å². The van der Waals surface area contributed by atoms with E-state index in [9.17, 15) is 9.59 Å². The maximum absolute atomic E-state index is 11.5. The van der Waals surface area contributed by atoms with Gasteiger partial charge in [0, 0.05) is 6.08 Å². The molecule has 164 valence electrons. The van der Waals surface area contributed by atoms with E-state index in [4.69, 9.17) is 14.2 Å². The Kier molecular flexibility index (Phi) is 14.1. The molecule has 0 aliphatic carbocycles. The number of ether oxygens (including phenoxy) is 3. The molecule has 0 spiro atoms. The van der Waals surface area contributed by atoms with Gasteiger partial charge in [-0.1, -0.05) is 60.3 Å². The molecule has 0 fully saturated rings. The topological polar surface area (TPSA) is 73.9 Å². The van der Waals surface area contributed by atoms with Gasteiger partial charge in [0.2, 0.25) is 0 Å². The van der Waals surface area contributed by atoms with Gasteiger partial charge in [0.05, 0.1) is 6.54 Å². The largest absolute Gasteiger partial charge is 0.490 e. The molecule has 1 N–H and O–H groups in total. The van der Waals surface area contributed by atoms with Crippen molar-refractivity contribution in [3.63, 3.8) is 0 Å². The first-order valence-corrected chi connectivity index (χ1v) is 10.3. The highest BCUT2D eigenvalue weighted by atomic mass is 16.6. The van der Waals surface area contributed by atoms with Crippen LogP contribution < -0.4 is 10.1 Å². The summed E-state index contributed by atoms with van der Waals surface area (Å²) in [5, 5.41) is 2.47. The van der Waals surface area contributed by atoms with Crippen LogP contribution in [0.4, 0.5) is 4.79 Å². The van der Waals surface area contributed by atoms with Crippen LogP contribution in [-0.4, -0.2) is 38.4 Å². The lowest BCUT2D eigenvalue weighted by Gasteiger charge is -2.24. The van der Waals surface area contributed by atoms with Crippen molar-refractivity contribution in [1.82, 2.24) is 5.32 Å². The molecule has 1 aromatic rings. The second-order valence-electron chi connectivity index (χ2n) is 6.74. The smallest absolute Gasteiger partial charge is 0.407 e. The average molecular weight is 408 g/mol. The number of esters is 1. The standard InChI is InChI=1S/C21H31NO5.C2H6/c1-6-20(23)26-12-11-22-21(24)27-14-13-25-19-9-7-18(8-10-19)17(5)16(4)15(2)3;1-2/h6-10,15-17H,1,11-14H2,2-5H3,(H,22,24);1-2H3. The molecule has 29 heavy (non-hydrogen) atoms. The fraction of sp³-hybridized carbons (Fsp3) is 0.565. The Morgan fingerprint density at radius 2 is 1.62 bits per heavy atom. The van der Waals surface area contributed by atoms with Gasteiger partial charge in [-0.15, -0.1) is 0 Å². The average Bonchev–Trinajstić information content (AvgIpc) is 2.74. The fourth-order valence-electron chi connectivity index (χ4n) is 2.46.